The van der Waals surface area contributed by atoms with Gasteiger partial charge in [0.15, 0.2) is 0 Å². The molecule has 0 bridgehead atoms. The van der Waals surface area contributed by atoms with Crippen molar-refractivity contribution >= 4 is 31.2 Å². The summed E-state index contributed by atoms with van der Waals surface area (Å²) in [5.74, 6) is 0.840. The summed E-state index contributed by atoms with van der Waals surface area (Å²) in [4.78, 5) is 10.5. The van der Waals surface area contributed by atoms with E-state index in [2.05, 4.69) is 25.3 Å². The lowest BCUT2D eigenvalue weighted by Gasteiger charge is -2.01. The molecule has 0 aromatic heterocycles. The summed E-state index contributed by atoms with van der Waals surface area (Å²) >= 11 is 7.83. The summed E-state index contributed by atoms with van der Waals surface area (Å²) in [7, 11) is 0. The predicted molar refractivity (Wildman–Crippen MR) is 52.5 cm³/mol. The number of esters is 1. The highest BCUT2D eigenvalue weighted by molar-refractivity contribution is 7.81. The first-order valence-corrected chi connectivity index (χ1v) is 4.95. The molecule has 0 unspecified atom stereocenters. The Morgan fingerprint density at radius 1 is 1.18 bits per heavy atom. The lowest BCUT2D eigenvalue weighted by Crippen LogP contribution is -2.06. The van der Waals surface area contributed by atoms with Gasteiger partial charge < -0.3 is 4.74 Å². The minimum Gasteiger partial charge on any atom is -0.465 e. The van der Waals surface area contributed by atoms with Gasteiger partial charge in [-0.2, -0.15) is 25.3 Å². The highest BCUT2D eigenvalue weighted by atomic mass is 32.1. The van der Waals surface area contributed by atoms with Crippen LogP contribution < -0.4 is 0 Å². The van der Waals surface area contributed by atoms with Gasteiger partial charge in [-0.1, -0.05) is 0 Å². The van der Waals surface area contributed by atoms with E-state index in [0.29, 0.717) is 6.61 Å². The number of rotatable bonds is 6. The summed E-state index contributed by atoms with van der Waals surface area (Å²) in [6.45, 7) is 0.521. The zero-order valence-corrected chi connectivity index (χ0v) is 8.24. The predicted octanol–water partition coefficient (Wildman–Crippen LogP) is 1.56. The van der Waals surface area contributed by atoms with Gasteiger partial charge in [0.25, 0.3) is 0 Å². The fourth-order valence-corrected chi connectivity index (χ4v) is 0.937. The molecule has 0 saturated heterocycles. The maximum Gasteiger partial charge on any atom is 0.315 e. The number of thiol groups is 2. The summed E-state index contributed by atoms with van der Waals surface area (Å²) in [5, 5.41) is 0. The molecule has 0 aliphatic rings. The van der Waals surface area contributed by atoms with Crippen molar-refractivity contribution in [1.82, 2.24) is 0 Å². The van der Waals surface area contributed by atoms with Crippen molar-refractivity contribution in [2.24, 2.45) is 0 Å². The summed E-state index contributed by atoms with van der Waals surface area (Å²) in [6, 6.07) is 0. The second-order valence-electron chi connectivity index (χ2n) is 2.16. The summed E-state index contributed by atoms with van der Waals surface area (Å²) in [6.07, 6.45) is 3.09. The molecule has 0 amide bonds. The monoisotopic (exact) mass is 194 g/mol. The van der Waals surface area contributed by atoms with E-state index in [1.807, 2.05) is 0 Å². The topological polar surface area (TPSA) is 26.3 Å². The van der Waals surface area contributed by atoms with Crippen LogP contribution in [0.3, 0.4) is 0 Å². The van der Waals surface area contributed by atoms with Gasteiger partial charge in [0.1, 0.15) is 0 Å². The highest BCUT2D eigenvalue weighted by Crippen LogP contribution is 1.97. The largest absolute Gasteiger partial charge is 0.465 e. The van der Waals surface area contributed by atoms with Gasteiger partial charge in [-0.05, 0) is 25.0 Å². The molecule has 0 aromatic rings. The Balaban J connectivity index is 2.95. The van der Waals surface area contributed by atoms with Crippen LogP contribution in [0.1, 0.15) is 19.3 Å². The molecule has 0 rings (SSSR count). The zero-order valence-electron chi connectivity index (χ0n) is 6.45. The van der Waals surface area contributed by atoms with E-state index >= 15 is 0 Å². The van der Waals surface area contributed by atoms with Gasteiger partial charge in [-0.3, -0.25) is 4.79 Å². The van der Waals surface area contributed by atoms with E-state index in [9.17, 15) is 4.79 Å². The fourth-order valence-electron chi connectivity index (χ4n) is 0.622. The number of carbonyl (C=O) groups is 1. The smallest absolute Gasteiger partial charge is 0.315 e. The van der Waals surface area contributed by atoms with Crippen LogP contribution in [0.15, 0.2) is 0 Å². The van der Waals surface area contributed by atoms with Crippen LogP contribution in [0.5, 0.6) is 0 Å². The van der Waals surface area contributed by atoms with Crippen molar-refractivity contribution < 1.29 is 9.53 Å². The van der Waals surface area contributed by atoms with Crippen LogP contribution in [0.2, 0.25) is 0 Å². The fraction of sp³-hybridized carbons (Fsp3) is 0.857. The molecule has 11 heavy (non-hydrogen) atoms. The van der Waals surface area contributed by atoms with Crippen molar-refractivity contribution in [3.63, 3.8) is 0 Å². The van der Waals surface area contributed by atoms with Crippen molar-refractivity contribution in [2.75, 3.05) is 18.1 Å². The first kappa shape index (κ1) is 11.2. The molecule has 2 nitrogen and oxygen atoms in total. The Morgan fingerprint density at radius 2 is 1.91 bits per heavy atom. The van der Waals surface area contributed by atoms with E-state index in [1.54, 1.807) is 0 Å². The Labute approximate surface area is 78.5 Å². The van der Waals surface area contributed by atoms with Crippen LogP contribution in [0, 0.1) is 0 Å². The molecule has 4 heteroatoms. The second-order valence-corrected chi connectivity index (χ2v) is 2.93. The number of carbonyl (C=O) groups excluding carboxylic acids is 1. The lowest BCUT2D eigenvalue weighted by atomic mass is 10.3. The van der Waals surface area contributed by atoms with Gasteiger partial charge in [0.2, 0.25) is 0 Å². The molecule has 0 aromatic carbocycles. The average Bonchev–Trinajstić information content (AvgIpc) is 2.04. The quantitative estimate of drug-likeness (QED) is 0.381. The standard InChI is InChI=1S/C7H14O2S2/c8-7(6-11)9-4-2-1-3-5-10/h10-11H,1-6H2. The third-order valence-corrected chi connectivity index (χ3v) is 1.77. The van der Waals surface area contributed by atoms with Crippen LogP contribution >= 0.6 is 25.3 Å². The third-order valence-electron chi connectivity index (χ3n) is 1.19. The molecule has 0 aliphatic heterocycles. The number of hydrogen-bond acceptors (Lipinski definition) is 4. The molecule has 0 saturated carbocycles. The minimum atomic E-state index is -0.237. The van der Waals surface area contributed by atoms with Crippen LogP contribution in [-0.4, -0.2) is 24.1 Å². The first-order chi connectivity index (χ1) is 5.31. The van der Waals surface area contributed by atoms with Gasteiger partial charge in [0.05, 0.1) is 12.4 Å². The van der Waals surface area contributed by atoms with Crippen LogP contribution in [-0.2, 0) is 9.53 Å². The third kappa shape index (κ3) is 8.07. The first-order valence-electron chi connectivity index (χ1n) is 3.68. The van der Waals surface area contributed by atoms with E-state index in [1.165, 1.54) is 0 Å². The van der Waals surface area contributed by atoms with Gasteiger partial charge in [-0.15, -0.1) is 0 Å². The SMILES string of the molecule is O=C(CS)OCCCCCS. The number of ether oxygens (including phenoxy) is 1. The van der Waals surface area contributed by atoms with Crippen molar-refractivity contribution in [2.45, 2.75) is 19.3 Å². The summed E-state index contributed by atoms with van der Waals surface area (Å²) in [5.41, 5.74) is 0. The van der Waals surface area contributed by atoms with Crippen molar-refractivity contribution in [3.8, 4) is 0 Å². The van der Waals surface area contributed by atoms with Crippen molar-refractivity contribution in [3.05, 3.63) is 0 Å². The van der Waals surface area contributed by atoms with Crippen LogP contribution in [0.4, 0.5) is 0 Å². The molecule has 0 radical (unpaired) electrons. The number of hydrogen-bond donors (Lipinski definition) is 2. The van der Waals surface area contributed by atoms with Crippen molar-refractivity contribution in [1.29, 1.82) is 0 Å². The minimum absolute atomic E-state index is 0.173. The molecule has 0 spiro atoms. The maximum atomic E-state index is 10.5. The molecule has 0 fully saturated rings. The Kier molecular flexibility index (Phi) is 8.40. The van der Waals surface area contributed by atoms with Gasteiger partial charge in [-0.25, -0.2) is 0 Å². The Morgan fingerprint density at radius 3 is 2.45 bits per heavy atom. The molecule has 66 valence electrons. The highest BCUT2D eigenvalue weighted by Gasteiger charge is 1.96. The average molecular weight is 194 g/mol. The summed E-state index contributed by atoms with van der Waals surface area (Å²) < 4.78 is 4.80. The van der Waals surface area contributed by atoms with E-state index in [4.69, 9.17) is 4.74 Å². The maximum absolute atomic E-state index is 10.5. The van der Waals surface area contributed by atoms with Crippen LogP contribution in [0.25, 0.3) is 0 Å². The molecular formula is C7H14O2S2. The van der Waals surface area contributed by atoms with E-state index in [0.717, 1.165) is 25.0 Å². The molecule has 0 atom stereocenters. The Hall–Kier alpha value is 0.170. The molecule has 0 heterocycles. The van der Waals surface area contributed by atoms with E-state index in [-0.39, 0.29) is 11.7 Å². The van der Waals surface area contributed by atoms with E-state index < -0.39 is 0 Å². The second kappa shape index (κ2) is 8.27. The lowest BCUT2D eigenvalue weighted by molar-refractivity contribution is -0.140. The van der Waals surface area contributed by atoms with Gasteiger partial charge in [0, 0.05) is 0 Å². The normalized spacial score (nSPS) is 9.64. The number of unbranched alkanes of at least 4 members (excludes halogenated alkanes) is 2. The van der Waals surface area contributed by atoms with Gasteiger partial charge >= 0.3 is 5.97 Å². The molecule has 0 aliphatic carbocycles. The molecule has 0 N–H and O–H groups in total. The Bertz CT molecular complexity index is 107. The zero-order chi connectivity index (χ0) is 8.53. The molecular weight excluding hydrogens is 180 g/mol.